The standard InChI is InChI=1S/C25H48N2O6Si/c1-23(2,3)31-21(29)26-13-12-17(15-26)20(28)19-14-18(33-34(10,11)25(7,8)9)16-27(19)22(30)32-24(4,5)6/h17-20,28H,12-16H2,1-11H3/t17?,18?,19-,20?/m0/s1. The average molecular weight is 501 g/mol. The van der Waals surface area contributed by atoms with Crippen LogP contribution in [0.1, 0.15) is 75.2 Å². The summed E-state index contributed by atoms with van der Waals surface area (Å²) in [6, 6.07) is -0.423. The van der Waals surface area contributed by atoms with Gasteiger partial charge in [0.15, 0.2) is 8.32 Å². The molecule has 0 bridgehead atoms. The van der Waals surface area contributed by atoms with Gasteiger partial charge in [-0.05, 0) is 72.5 Å². The zero-order chi connectivity index (χ0) is 26.3. The number of nitrogens with zero attached hydrogens (tertiary/aromatic N) is 2. The summed E-state index contributed by atoms with van der Waals surface area (Å²) >= 11 is 0. The van der Waals surface area contributed by atoms with Gasteiger partial charge in [0.25, 0.3) is 0 Å². The third-order valence-corrected chi connectivity index (χ3v) is 11.5. The molecule has 2 amide bonds. The normalized spacial score (nSPS) is 25.5. The highest BCUT2D eigenvalue weighted by molar-refractivity contribution is 6.74. The Bertz CT molecular complexity index is 737. The predicted molar refractivity (Wildman–Crippen MR) is 135 cm³/mol. The Balaban J connectivity index is 2.16. The van der Waals surface area contributed by atoms with Crippen LogP contribution >= 0.6 is 0 Å². The van der Waals surface area contributed by atoms with E-state index >= 15 is 0 Å². The van der Waals surface area contributed by atoms with Gasteiger partial charge in [0, 0.05) is 25.6 Å². The summed E-state index contributed by atoms with van der Waals surface area (Å²) in [6.45, 7) is 23.3. The highest BCUT2D eigenvalue weighted by Crippen LogP contribution is 2.40. The van der Waals surface area contributed by atoms with Gasteiger partial charge in [0.1, 0.15) is 11.2 Å². The van der Waals surface area contributed by atoms with Crippen molar-refractivity contribution in [3.8, 4) is 0 Å². The Morgan fingerprint density at radius 1 is 0.912 bits per heavy atom. The second kappa shape index (κ2) is 9.97. The van der Waals surface area contributed by atoms with Gasteiger partial charge in [-0.25, -0.2) is 9.59 Å². The van der Waals surface area contributed by atoms with Crippen LogP contribution in [-0.2, 0) is 13.9 Å². The summed E-state index contributed by atoms with van der Waals surface area (Å²) in [6.07, 6.45) is -0.524. The Labute approximate surface area is 207 Å². The van der Waals surface area contributed by atoms with Crippen LogP contribution in [0.15, 0.2) is 0 Å². The molecule has 2 aliphatic rings. The first-order chi connectivity index (χ1) is 15.2. The van der Waals surface area contributed by atoms with E-state index < -0.39 is 37.8 Å². The van der Waals surface area contributed by atoms with E-state index in [0.717, 1.165) is 0 Å². The van der Waals surface area contributed by atoms with Crippen molar-refractivity contribution in [2.45, 2.75) is 123 Å². The van der Waals surface area contributed by atoms with Crippen LogP contribution in [-0.4, -0.2) is 84.5 Å². The number of amides is 2. The average Bonchev–Trinajstić information content (AvgIpc) is 3.24. The molecule has 0 aromatic heterocycles. The summed E-state index contributed by atoms with van der Waals surface area (Å²) in [5.41, 5.74) is -1.20. The first kappa shape index (κ1) is 28.9. The van der Waals surface area contributed by atoms with Crippen molar-refractivity contribution in [3.63, 3.8) is 0 Å². The maximum Gasteiger partial charge on any atom is 0.410 e. The minimum Gasteiger partial charge on any atom is -0.444 e. The van der Waals surface area contributed by atoms with Crippen LogP contribution < -0.4 is 0 Å². The molecule has 0 aromatic carbocycles. The Morgan fingerprint density at radius 2 is 1.44 bits per heavy atom. The van der Waals surface area contributed by atoms with Gasteiger partial charge in [-0.3, -0.25) is 4.90 Å². The van der Waals surface area contributed by atoms with Crippen LogP contribution in [0.3, 0.4) is 0 Å². The largest absolute Gasteiger partial charge is 0.444 e. The Morgan fingerprint density at radius 3 is 1.94 bits per heavy atom. The molecule has 2 saturated heterocycles. The second-order valence-electron chi connectivity index (χ2n) is 13.4. The van der Waals surface area contributed by atoms with E-state index in [-0.39, 0.29) is 23.2 Å². The molecule has 0 saturated carbocycles. The molecule has 9 heteroatoms. The lowest BCUT2D eigenvalue weighted by atomic mass is 9.93. The van der Waals surface area contributed by atoms with Crippen LogP contribution in [0.2, 0.25) is 18.1 Å². The number of carbonyl (C=O) groups excluding carboxylic acids is 2. The molecule has 2 fully saturated rings. The quantitative estimate of drug-likeness (QED) is 0.546. The van der Waals surface area contributed by atoms with Gasteiger partial charge in [-0.2, -0.15) is 0 Å². The SMILES string of the molecule is CC(C)(C)OC(=O)N1CCC(C(O)[C@@H]2CC(O[Si](C)(C)C(C)(C)C)CN2C(=O)OC(C)(C)C)C1. The van der Waals surface area contributed by atoms with Gasteiger partial charge < -0.3 is 23.9 Å². The van der Waals surface area contributed by atoms with Crippen LogP contribution in [0.5, 0.6) is 0 Å². The Hall–Kier alpha value is -1.32. The van der Waals surface area contributed by atoms with Crippen LogP contribution in [0.4, 0.5) is 9.59 Å². The van der Waals surface area contributed by atoms with Crippen LogP contribution in [0.25, 0.3) is 0 Å². The van der Waals surface area contributed by atoms with E-state index in [2.05, 4.69) is 33.9 Å². The summed E-state index contributed by atoms with van der Waals surface area (Å²) in [5.74, 6) is -0.144. The molecule has 1 N–H and O–H groups in total. The highest BCUT2D eigenvalue weighted by Gasteiger charge is 2.48. The number of carbonyl (C=O) groups is 2. The van der Waals surface area contributed by atoms with E-state index in [1.807, 2.05) is 41.5 Å². The molecule has 0 aromatic rings. The molecular formula is C25H48N2O6Si. The molecule has 2 aliphatic heterocycles. The smallest absolute Gasteiger partial charge is 0.410 e. The summed E-state index contributed by atoms with van der Waals surface area (Å²) in [5, 5.41) is 11.4. The summed E-state index contributed by atoms with van der Waals surface area (Å²) < 4.78 is 17.8. The third kappa shape index (κ3) is 7.59. The molecule has 0 radical (unpaired) electrons. The first-order valence-corrected chi connectivity index (χ1v) is 15.4. The fourth-order valence-corrected chi connectivity index (χ4v) is 5.59. The molecule has 0 aliphatic carbocycles. The Kier molecular flexibility index (Phi) is 8.48. The summed E-state index contributed by atoms with van der Waals surface area (Å²) in [4.78, 5) is 28.9. The van der Waals surface area contributed by atoms with E-state index in [4.69, 9.17) is 13.9 Å². The maximum atomic E-state index is 13.1. The van der Waals surface area contributed by atoms with Crippen molar-refractivity contribution < 1.29 is 28.6 Å². The minimum atomic E-state index is -2.06. The molecule has 2 heterocycles. The van der Waals surface area contributed by atoms with E-state index in [0.29, 0.717) is 32.5 Å². The molecule has 0 spiro atoms. The monoisotopic (exact) mass is 500 g/mol. The van der Waals surface area contributed by atoms with Crippen LogP contribution in [0, 0.1) is 5.92 Å². The lowest BCUT2D eigenvalue weighted by molar-refractivity contribution is -0.00800. The van der Waals surface area contributed by atoms with Crippen molar-refractivity contribution in [2.75, 3.05) is 19.6 Å². The van der Waals surface area contributed by atoms with Crippen molar-refractivity contribution in [1.82, 2.24) is 9.80 Å². The molecule has 2 rings (SSSR count). The fraction of sp³-hybridized carbons (Fsp3) is 0.920. The fourth-order valence-electron chi connectivity index (χ4n) is 4.23. The molecule has 34 heavy (non-hydrogen) atoms. The number of hydrogen-bond donors (Lipinski definition) is 1. The summed E-state index contributed by atoms with van der Waals surface area (Å²) in [7, 11) is -2.06. The van der Waals surface area contributed by atoms with Gasteiger partial charge in [0.05, 0.1) is 18.2 Å². The van der Waals surface area contributed by atoms with Gasteiger partial charge in [-0.15, -0.1) is 0 Å². The van der Waals surface area contributed by atoms with E-state index in [1.54, 1.807) is 9.80 Å². The number of aliphatic hydroxyl groups excluding tert-OH is 1. The molecular weight excluding hydrogens is 452 g/mol. The lowest BCUT2D eigenvalue weighted by Crippen LogP contribution is -2.48. The zero-order valence-corrected chi connectivity index (χ0v) is 24.2. The molecule has 198 valence electrons. The van der Waals surface area contributed by atoms with E-state index in [1.165, 1.54) is 0 Å². The van der Waals surface area contributed by atoms with Gasteiger partial charge >= 0.3 is 12.2 Å². The highest BCUT2D eigenvalue weighted by atomic mass is 28.4. The zero-order valence-electron chi connectivity index (χ0n) is 23.2. The van der Waals surface area contributed by atoms with E-state index in [9.17, 15) is 14.7 Å². The lowest BCUT2D eigenvalue weighted by Gasteiger charge is -2.38. The maximum absolute atomic E-state index is 13.1. The number of likely N-dealkylation sites (tertiary alicyclic amines) is 2. The first-order valence-electron chi connectivity index (χ1n) is 12.5. The topological polar surface area (TPSA) is 88.5 Å². The van der Waals surface area contributed by atoms with Gasteiger partial charge in [0.2, 0.25) is 0 Å². The minimum absolute atomic E-state index is 0.0415. The van der Waals surface area contributed by atoms with Crippen molar-refractivity contribution >= 4 is 20.5 Å². The number of ether oxygens (including phenoxy) is 2. The molecule has 4 atom stereocenters. The third-order valence-electron chi connectivity index (χ3n) is 6.95. The number of aliphatic hydroxyl groups is 1. The second-order valence-corrected chi connectivity index (χ2v) is 18.2. The molecule has 3 unspecified atom stereocenters. The van der Waals surface area contributed by atoms with Crippen molar-refractivity contribution in [2.24, 2.45) is 5.92 Å². The van der Waals surface area contributed by atoms with Gasteiger partial charge in [-0.1, -0.05) is 20.8 Å². The van der Waals surface area contributed by atoms with Crippen molar-refractivity contribution in [3.05, 3.63) is 0 Å². The number of rotatable bonds is 4. The number of hydrogen-bond acceptors (Lipinski definition) is 6. The van der Waals surface area contributed by atoms with Crippen molar-refractivity contribution in [1.29, 1.82) is 0 Å². The predicted octanol–water partition coefficient (Wildman–Crippen LogP) is 5.00. The molecule has 8 nitrogen and oxygen atoms in total.